The van der Waals surface area contributed by atoms with Gasteiger partial charge in [0.05, 0.1) is 28.5 Å². The first-order chi connectivity index (χ1) is 16.4. The summed E-state index contributed by atoms with van der Waals surface area (Å²) in [7, 11) is 0. The lowest BCUT2D eigenvalue weighted by molar-refractivity contribution is 0.191. The van der Waals surface area contributed by atoms with Crippen LogP contribution in [-0.4, -0.2) is 57.4 Å². The van der Waals surface area contributed by atoms with E-state index in [9.17, 15) is 4.39 Å². The van der Waals surface area contributed by atoms with E-state index >= 15 is 0 Å². The van der Waals surface area contributed by atoms with E-state index in [1.54, 1.807) is 18.6 Å². The Kier molecular flexibility index (Phi) is 4.75. The number of ether oxygens (including phenoxy) is 1. The SMILES string of the molecule is Cc1cnc(C)c(N2CCN(c3cc(C4=Nc5cc(F)c(OC6(C)CC6)cc54)ncn3)CC2)n1. The Morgan fingerprint density at radius 3 is 2.50 bits per heavy atom. The minimum absolute atomic E-state index is 0.247. The van der Waals surface area contributed by atoms with E-state index in [2.05, 4.69) is 34.7 Å². The summed E-state index contributed by atoms with van der Waals surface area (Å²) < 4.78 is 20.3. The summed E-state index contributed by atoms with van der Waals surface area (Å²) in [5, 5.41) is 0. The molecule has 4 heterocycles. The molecule has 3 aliphatic rings. The molecule has 0 unspecified atom stereocenters. The standard InChI is InChI=1S/C25H26FN7O/c1-15-13-27-16(2)24(30-15)33-8-6-32(7-9-33)22-12-20(28-14-29-22)23-17-10-21(34-25(3)4-5-25)18(26)11-19(17)31-23/h10-14H,4-9H2,1-3H3. The van der Waals surface area contributed by atoms with Gasteiger partial charge < -0.3 is 14.5 Å². The fraction of sp³-hybridized carbons (Fsp3) is 0.400. The van der Waals surface area contributed by atoms with Gasteiger partial charge >= 0.3 is 0 Å². The predicted molar refractivity (Wildman–Crippen MR) is 128 cm³/mol. The lowest BCUT2D eigenvalue weighted by atomic mass is 9.98. The highest BCUT2D eigenvalue weighted by atomic mass is 19.1. The Balaban J connectivity index is 1.18. The van der Waals surface area contributed by atoms with E-state index in [1.165, 1.54) is 6.07 Å². The highest BCUT2D eigenvalue weighted by molar-refractivity contribution is 6.21. The summed E-state index contributed by atoms with van der Waals surface area (Å²) in [6, 6.07) is 5.15. The molecule has 2 aliphatic heterocycles. The maximum atomic E-state index is 14.4. The van der Waals surface area contributed by atoms with E-state index in [-0.39, 0.29) is 17.2 Å². The molecule has 34 heavy (non-hydrogen) atoms. The fourth-order valence-corrected chi connectivity index (χ4v) is 4.39. The van der Waals surface area contributed by atoms with Crippen molar-refractivity contribution in [1.82, 2.24) is 19.9 Å². The van der Waals surface area contributed by atoms with Crippen molar-refractivity contribution in [1.29, 1.82) is 0 Å². The zero-order chi connectivity index (χ0) is 23.4. The molecular weight excluding hydrogens is 433 g/mol. The molecule has 3 aromatic rings. The quantitative estimate of drug-likeness (QED) is 0.450. The van der Waals surface area contributed by atoms with Gasteiger partial charge in [-0.05, 0) is 39.7 Å². The van der Waals surface area contributed by atoms with Crippen LogP contribution in [0.15, 0.2) is 35.7 Å². The zero-order valence-electron chi connectivity index (χ0n) is 19.5. The molecule has 0 bridgehead atoms. The van der Waals surface area contributed by atoms with Gasteiger partial charge in [-0.15, -0.1) is 0 Å². The number of anilines is 2. The summed E-state index contributed by atoms with van der Waals surface area (Å²) in [6.45, 7) is 9.26. The summed E-state index contributed by atoms with van der Waals surface area (Å²) in [4.78, 5) is 27.1. The molecule has 8 nitrogen and oxygen atoms in total. The number of rotatable bonds is 5. The number of fused-ring (bicyclic) bond motifs is 1. The van der Waals surface area contributed by atoms with Crippen molar-refractivity contribution < 1.29 is 9.13 Å². The van der Waals surface area contributed by atoms with E-state index < -0.39 is 0 Å². The third kappa shape index (κ3) is 3.74. The van der Waals surface area contributed by atoms with Crippen LogP contribution in [0, 0.1) is 19.7 Å². The van der Waals surface area contributed by atoms with Crippen molar-refractivity contribution in [2.75, 3.05) is 36.0 Å². The Morgan fingerprint density at radius 2 is 1.74 bits per heavy atom. The van der Waals surface area contributed by atoms with Crippen molar-refractivity contribution in [3.8, 4) is 5.75 Å². The van der Waals surface area contributed by atoms with E-state index in [0.29, 0.717) is 5.69 Å². The van der Waals surface area contributed by atoms with E-state index in [4.69, 9.17) is 4.74 Å². The van der Waals surface area contributed by atoms with Crippen molar-refractivity contribution in [2.24, 2.45) is 4.99 Å². The van der Waals surface area contributed by atoms with Crippen LogP contribution in [0.3, 0.4) is 0 Å². The molecule has 9 heteroatoms. The summed E-state index contributed by atoms with van der Waals surface area (Å²) in [5.74, 6) is 1.72. The number of benzene rings is 1. The minimum atomic E-state index is -0.371. The smallest absolute Gasteiger partial charge is 0.167 e. The highest BCUT2D eigenvalue weighted by Crippen LogP contribution is 2.43. The van der Waals surface area contributed by atoms with Gasteiger partial charge in [-0.25, -0.2) is 24.3 Å². The Hall–Kier alpha value is -3.62. The van der Waals surface area contributed by atoms with Crippen molar-refractivity contribution in [2.45, 2.75) is 39.2 Å². The Bertz CT molecular complexity index is 1310. The molecular formula is C25H26FN7O. The molecule has 6 rings (SSSR count). The molecule has 174 valence electrons. The van der Waals surface area contributed by atoms with Crippen LogP contribution >= 0.6 is 0 Å². The molecule has 1 aliphatic carbocycles. The third-order valence-corrected chi connectivity index (χ3v) is 6.70. The van der Waals surface area contributed by atoms with Crippen LogP contribution < -0.4 is 14.5 Å². The number of aryl methyl sites for hydroxylation is 2. The normalized spacial score (nSPS) is 18.2. The Labute approximate surface area is 197 Å². The van der Waals surface area contributed by atoms with Gasteiger partial charge in [-0.3, -0.25) is 4.98 Å². The number of hydrogen-bond donors (Lipinski definition) is 0. The highest BCUT2D eigenvalue weighted by Gasteiger charge is 2.41. The fourth-order valence-electron chi connectivity index (χ4n) is 4.39. The zero-order valence-corrected chi connectivity index (χ0v) is 19.5. The average Bonchev–Trinajstić information content (AvgIpc) is 3.56. The predicted octanol–water partition coefficient (Wildman–Crippen LogP) is 3.76. The molecule has 0 N–H and O–H groups in total. The molecule has 1 aromatic carbocycles. The maximum Gasteiger partial charge on any atom is 0.167 e. The monoisotopic (exact) mass is 459 g/mol. The van der Waals surface area contributed by atoms with Crippen molar-refractivity contribution >= 4 is 23.0 Å². The minimum Gasteiger partial charge on any atom is -0.484 e. The topological polar surface area (TPSA) is 79.6 Å². The number of aliphatic imine (C=N–C) groups is 1. The van der Waals surface area contributed by atoms with Crippen LogP contribution in [0.1, 0.15) is 42.4 Å². The summed E-state index contributed by atoms with van der Waals surface area (Å²) >= 11 is 0. The lowest BCUT2D eigenvalue weighted by Gasteiger charge is -2.36. The van der Waals surface area contributed by atoms with Crippen LogP contribution in [-0.2, 0) is 0 Å². The summed E-state index contributed by atoms with van der Waals surface area (Å²) in [6.07, 6.45) is 5.26. The van der Waals surface area contributed by atoms with Gasteiger partial charge in [0.2, 0.25) is 0 Å². The second-order valence-electron chi connectivity index (χ2n) is 9.47. The number of hydrogen-bond acceptors (Lipinski definition) is 8. The van der Waals surface area contributed by atoms with E-state index in [0.717, 1.165) is 79.0 Å². The van der Waals surface area contributed by atoms with Gasteiger partial charge in [0.1, 0.15) is 23.6 Å². The van der Waals surface area contributed by atoms with Crippen LogP contribution in [0.5, 0.6) is 5.75 Å². The Morgan fingerprint density at radius 1 is 0.971 bits per heavy atom. The molecule has 1 saturated heterocycles. The number of piperazine rings is 1. The molecule has 0 atom stereocenters. The number of nitrogens with zero attached hydrogens (tertiary/aromatic N) is 7. The van der Waals surface area contributed by atoms with Crippen LogP contribution in [0.2, 0.25) is 0 Å². The molecule has 0 radical (unpaired) electrons. The van der Waals surface area contributed by atoms with Crippen molar-refractivity contribution in [3.05, 3.63) is 59.2 Å². The average molecular weight is 460 g/mol. The van der Waals surface area contributed by atoms with Gasteiger partial charge in [0, 0.05) is 50.1 Å². The second-order valence-corrected chi connectivity index (χ2v) is 9.47. The van der Waals surface area contributed by atoms with Gasteiger partial charge in [0.25, 0.3) is 0 Å². The lowest BCUT2D eigenvalue weighted by Crippen LogP contribution is -2.47. The van der Waals surface area contributed by atoms with Crippen LogP contribution in [0.25, 0.3) is 0 Å². The number of aromatic nitrogens is 4. The summed E-state index contributed by atoms with van der Waals surface area (Å²) in [5.41, 5.74) is 4.59. The third-order valence-electron chi connectivity index (χ3n) is 6.70. The van der Waals surface area contributed by atoms with Gasteiger partial charge in [-0.1, -0.05) is 0 Å². The molecule has 2 fully saturated rings. The molecule has 0 spiro atoms. The molecule has 0 amide bonds. The first kappa shape index (κ1) is 20.9. The second kappa shape index (κ2) is 7.72. The van der Waals surface area contributed by atoms with Crippen LogP contribution in [0.4, 0.5) is 21.7 Å². The first-order valence-corrected chi connectivity index (χ1v) is 11.6. The van der Waals surface area contributed by atoms with Gasteiger partial charge in [-0.2, -0.15) is 0 Å². The van der Waals surface area contributed by atoms with Gasteiger partial charge in [0.15, 0.2) is 11.6 Å². The maximum absolute atomic E-state index is 14.4. The van der Waals surface area contributed by atoms with Crippen molar-refractivity contribution in [3.63, 3.8) is 0 Å². The molecule has 2 aromatic heterocycles. The largest absolute Gasteiger partial charge is 0.484 e. The molecule has 1 saturated carbocycles. The first-order valence-electron chi connectivity index (χ1n) is 11.6. The van der Waals surface area contributed by atoms with E-state index in [1.807, 2.05) is 26.8 Å². The number of halogens is 1.